The Hall–Kier alpha value is -1.59. The summed E-state index contributed by atoms with van der Waals surface area (Å²) in [5, 5.41) is 0. The van der Waals surface area contributed by atoms with E-state index in [1.165, 1.54) is 5.56 Å². The van der Waals surface area contributed by atoms with E-state index in [0.29, 0.717) is 32.5 Å². The van der Waals surface area contributed by atoms with Crippen LogP contribution in [0.4, 0.5) is 0 Å². The molecule has 0 unspecified atom stereocenters. The molecule has 1 saturated heterocycles. The van der Waals surface area contributed by atoms with Crippen molar-refractivity contribution in [2.24, 2.45) is 11.7 Å². The summed E-state index contributed by atoms with van der Waals surface area (Å²) in [5.74, 6) is 0.741. The zero-order valence-electron chi connectivity index (χ0n) is 16.6. The highest BCUT2D eigenvalue weighted by Crippen LogP contribution is 2.32. The molecule has 1 fully saturated rings. The van der Waals surface area contributed by atoms with Crippen molar-refractivity contribution in [3.8, 4) is 0 Å². The van der Waals surface area contributed by atoms with Gasteiger partial charge in [-0.05, 0) is 30.9 Å². The quantitative estimate of drug-likeness (QED) is 0.698. The fraction of sp³-hybridized carbons (Fsp3) is 0.619. The van der Waals surface area contributed by atoms with Crippen LogP contribution in [0.3, 0.4) is 0 Å². The van der Waals surface area contributed by atoms with E-state index in [0.717, 1.165) is 25.9 Å². The first kappa shape index (κ1) is 23.4. The minimum Gasteiger partial charge on any atom is -0.343 e. The lowest BCUT2D eigenvalue weighted by atomic mass is 9.89. The summed E-state index contributed by atoms with van der Waals surface area (Å²) in [6, 6.07) is 10.3. The molecule has 2 N–H and O–H groups in total. The number of rotatable bonds is 9. The van der Waals surface area contributed by atoms with Crippen LogP contribution in [-0.4, -0.2) is 54.3 Å². The molecule has 2 rings (SSSR count). The third-order valence-corrected chi connectivity index (χ3v) is 5.22. The average Bonchev–Trinajstić information content (AvgIpc) is 3.11. The summed E-state index contributed by atoms with van der Waals surface area (Å²) in [6.07, 6.45) is 2.49. The molecule has 1 heterocycles. The molecule has 1 aromatic carbocycles. The standard InChI is InChI=1S/C21H33N3O2.ClH/c1-3-12-23(13-4-2)20(25)10-11-21(26)24-15-18(14-22)19(16-24)17-8-6-5-7-9-17;/h5-9,18-19H,3-4,10-16,22H2,1-2H3;1H/t18-,19+;/m1./s1. The number of carbonyl (C=O) groups is 2. The molecule has 0 aromatic heterocycles. The zero-order valence-corrected chi connectivity index (χ0v) is 17.4. The molecule has 0 aliphatic carbocycles. The van der Waals surface area contributed by atoms with Gasteiger partial charge in [0.2, 0.25) is 11.8 Å². The molecule has 2 atom stereocenters. The highest BCUT2D eigenvalue weighted by atomic mass is 35.5. The number of nitrogens with two attached hydrogens (primary N) is 1. The number of carbonyl (C=O) groups excluding carboxylic acids is 2. The van der Waals surface area contributed by atoms with Gasteiger partial charge in [0.15, 0.2) is 0 Å². The van der Waals surface area contributed by atoms with E-state index >= 15 is 0 Å². The Morgan fingerprint density at radius 2 is 1.70 bits per heavy atom. The van der Waals surface area contributed by atoms with E-state index in [1.807, 2.05) is 28.0 Å². The number of hydrogen-bond acceptors (Lipinski definition) is 3. The van der Waals surface area contributed by atoms with E-state index in [2.05, 4.69) is 26.0 Å². The Labute approximate surface area is 169 Å². The van der Waals surface area contributed by atoms with Crippen molar-refractivity contribution in [2.75, 3.05) is 32.7 Å². The number of amides is 2. The minimum atomic E-state index is 0. The molecule has 1 aliphatic rings. The lowest BCUT2D eigenvalue weighted by Gasteiger charge is -2.22. The van der Waals surface area contributed by atoms with Gasteiger partial charge in [-0.25, -0.2) is 0 Å². The normalized spacial score (nSPS) is 18.9. The van der Waals surface area contributed by atoms with Crippen molar-refractivity contribution in [2.45, 2.75) is 45.4 Å². The van der Waals surface area contributed by atoms with Crippen LogP contribution < -0.4 is 5.73 Å². The van der Waals surface area contributed by atoms with Crippen LogP contribution in [0.25, 0.3) is 0 Å². The highest BCUT2D eigenvalue weighted by Gasteiger charge is 2.35. The van der Waals surface area contributed by atoms with Gasteiger partial charge in [-0.3, -0.25) is 9.59 Å². The topological polar surface area (TPSA) is 66.6 Å². The van der Waals surface area contributed by atoms with E-state index in [9.17, 15) is 9.59 Å². The van der Waals surface area contributed by atoms with E-state index < -0.39 is 0 Å². The Kier molecular flexibility index (Phi) is 10.4. The first-order valence-corrected chi connectivity index (χ1v) is 9.91. The molecule has 2 amide bonds. The molecule has 0 saturated carbocycles. The average molecular weight is 396 g/mol. The summed E-state index contributed by atoms with van der Waals surface area (Å²) < 4.78 is 0. The number of benzene rings is 1. The van der Waals surface area contributed by atoms with Crippen LogP contribution in [0.2, 0.25) is 0 Å². The van der Waals surface area contributed by atoms with Gasteiger partial charge in [0, 0.05) is 44.9 Å². The van der Waals surface area contributed by atoms with Crippen LogP contribution in [-0.2, 0) is 9.59 Å². The highest BCUT2D eigenvalue weighted by molar-refractivity contribution is 5.85. The minimum absolute atomic E-state index is 0. The summed E-state index contributed by atoms with van der Waals surface area (Å²) in [7, 11) is 0. The van der Waals surface area contributed by atoms with E-state index in [4.69, 9.17) is 5.73 Å². The number of likely N-dealkylation sites (tertiary alicyclic amines) is 1. The molecule has 152 valence electrons. The van der Waals surface area contributed by atoms with Crippen LogP contribution >= 0.6 is 12.4 Å². The van der Waals surface area contributed by atoms with Crippen LogP contribution in [0, 0.1) is 5.92 Å². The van der Waals surface area contributed by atoms with Crippen molar-refractivity contribution < 1.29 is 9.59 Å². The fourth-order valence-electron chi connectivity index (χ4n) is 3.82. The molecule has 27 heavy (non-hydrogen) atoms. The third-order valence-electron chi connectivity index (χ3n) is 5.22. The van der Waals surface area contributed by atoms with Crippen molar-refractivity contribution in [3.63, 3.8) is 0 Å². The number of nitrogens with zero attached hydrogens (tertiary/aromatic N) is 2. The maximum atomic E-state index is 12.6. The van der Waals surface area contributed by atoms with Crippen LogP contribution in [0.1, 0.15) is 51.0 Å². The van der Waals surface area contributed by atoms with Gasteiger partial charge in [0.1, 0.15) is 0 Å². The summed E-state index contributed by atoms with van der Waals surface area (Å²) in [5.41, 5.74) is 7.20. The Balaban J connectivity index is 0.00000364. The fourth-order valence-corrected chi connectivity index (χ4v) is 3.82. The lowest BCUT2D eigenvalue weighted by molar-refractivity contribution is -0.136. The van der Waals surface area contributed by atoms with Gasteiger partial charge >= 0.3 is 0 Å². The number of halogens is 1. The second-order valence-corrected chi connectivity index (χ2v) is 7.19. The van der Waals surface area contributed by atoms with Gasteiger partial charge in [-0.15, -0.1) is 12.4 Å². The van der Waals surface area contributed by atoms with Gasteiger partial charge < -0.3 is 15.5 Å². The van der Waals surface area contributed by atoms with Crippen molar-refractivity contribution in [1.82, 2.24) is 9.80 Å². The van der Waals surface area contributed by atoms with E-state index in [1.54, 1.807) is 0 Å². The largest absolute Gasteiger partial charge is 0.343 e. The van der Waals surface area contributed by atoms with Crippen molar-refractivity contribution in [3.05, 3.63) is 35.9 Å². The monoisotopic (exact) mass is 395 g/mol. The second-order valence-electron chi connectivity index (χ2n) is 7.19. The SMILES string of the molecule is CCCN(CCC)C(=O)CCC(=O)N1C[C@@H](CN)[C@H](c2ccccc2)C1.Cl. The number of hydrogen-bond donors (Lipinski definition) is 1. The third kappa shape index (κ3) is 6.51. The molecule has 1 aromatic rings. The first-order chi connectivity index (χ1) is 12.6. The Morgan fingerprint density at radius 3 is 2.26 bits per heavy atom. The summed E-state index contributed by atoms with van der Waals surface area (Å²) >= 11 is 0. The smallest absolute Gasteiger partial charge is 0.223 e. The zero-order chi connectivity index (χ0) is 18.9. The summed E-state index contributed by atoms with van der Waals surface area (Å²) in [4.78, 5) is 28.8. The first-order valence-electron chi connectivity index (χ1n) is 9.91. The predicted octanol–water partition coefficient (Wildman–Crippen LogP) is 3.04. The predicted molar refractivity (Wildman–Crippen MR) is 112 cm³/mol. The molecule has 0 bridgehead atoms. The molecule has 0 radical (unpaired) electrons. The molecular weight excluding hydrogens is 362 g/mol. The van der Waals surface area contributed by atoms with Gasteiger partial charge in [0.05, 0.1) is 0 Å². The molecule has 5 nitrogen and oxygen atoms in total. The van der Waals surface area contributed by atoms with Crippen molar-refractivity contribution in [1.29, 1.82) is 0 Å². The second kappa shape index (κ2) is 12.0. The lowest BCUT2D eigenvalue weighted by Crippen LogP contribution is -2.34. The Bertz CT molecular complexity index is 576. The maximum absolute atomic E-state index is 12.6. The Morgan fingerprint density at radius 1 is 1.07 bits per heavy atom. The van der Waals surface area contributed by atoms with Crippen LogP contribution in [0.5, 0.6) is 0 Å². The molecule has 6 heteroatoms. The van der Waals surface area contributed by atoms with Gasteiger partial charge in [0.25, 0.3) is 0 Å². The van der Waals surface area contributed by atoms with Gasteiger partial charge in [-0.1, -0.05) is 44.2 Å². The molecular formula is C21H34ClN3O2. The van der Waals surface area contributed by atoms with Crippen LogP contribution in [0.15, 0.2) is 30.3 Å². The van der Waals surface area contributed by atoms with Crippen molar-refractivity contribution >= 4 is 24.2 Å². The summed E-state index contributed by atoms with van der Waals surface area (Å²) in [6.45, 7) is 7.65. The maximum Gasteiger partial charge on any atom is 0.223 e. The van der Waals surface area contributed by atoms with E-state index in [-0.39, 0.29) is 36.1 Å². The van der Waals surface area contributed by atoms with Gasteiger partial charge in [-0.2, -0.15) is 0 Å². The molecule has 0 spiro atoms. The molecule has 1 aliphatic heterocycles.